The molecule has 146 valence electrons. The van der Waals surface area contributed by atoms with Crippen LogP contribution in [0, 0.1) is 0 Å². The Morgan fingerprint density at radius 3 is 2.04 bits per heavy atom. The van der Waals surface area contributed by atoms with Crippen molar-refractivity contribution in [3.8, 4) is 11.5 Å². The van der Waals surface area contributed by atoms with Gasteiger partial charge in [-0.1, -0.05) is 50.4 Å². The summed E-state index contributed by atoms with van der Waals surface area (Å²) < 4.78 is 24.7. The molecule has 2 aromatic carbocycles. The quantitative estimate of drug-likeness (QED) is 0.305. The van der Waals surface area contributed by atoms with Crippen LogP contribution in [0.2, 0.25) is 0 Å². The van der Waals surface area contributed by atoms with Gasteiger partial charge in [0.1, 0.15) is 18.6 Å². The van der Waals surface area contributed by atoms with Crippen molar-refractivity contribution in [3.05, 3.63) is 72.8 Å². The summed E-state index contributed by atoms with van der Waals surface area (Å²) in [5.41, 5.74) is 0.454. The van der Waals surface area contributed by atoms with Crippen LogP contribution in [0.1, 0.15) is 20.8 Å². The lowest BCUT2D eigenvalue weighted by Crippen LogP contribution is -2.22. The molecule has 2 rings (SSSR count). The molecule has 28 heavy (non-hydrogen) atoms. The van der Waals surface area contributed by atoms with E-state index >= 15 is 0 Å². The Kier molecular flexibility index (Phi) is 6.76. The lowest BCUT2D eigenvalue weighted by molar-refractivity contribution is -0.131. The highest BCUT2D eigenvalue weighted by atomic mass is 31.2. The van der Waals surface area contributed by atoms with E-state index in [4.69, 9.17) is 9.47 Å². The highest BCUT2D eigenvalue weighted by Gasteiger charge is 2.30. The molecule has 2 aromatic rings. The maximum absolute atomic E-state index is 14.0. The molecule has 0 aliphatic rings. The van der Waals surface area contributed by atoms with Gasteiger partial charge in [0.05, 0.1) is 5.30 Å². The van der Waals surface area contributed by atoms with Crippen molar-refractivity contribution in [1.29, 1.82) is 0 Å². The molecule has 0 radical (unpaired) electrons. The standard InChI is InChI=1S/C22H23O5P/c1-6-28(25,18-10-8-7-9-11-18)20-14-17(26-21(23)15(2)3)12-13-19(20)27-22(24)16(4)5/h7-14H,2,4,6H2,1,3,5H3. The molecule has 1 unspecified atom stereocenters. The zero-order valence-corrected chi connectivity index (χ0v) is 17.1. The number of ether oxygens (including phenoxy) is 2. The number of carbonyl (C=O) groups is 2. The van der Waals surface area contributed by atoms with Gasteiger partial charge in [-0.2, -0.15) is 0 Å². The van der Waals surface area contributed by atoms with Gasteiger partial charge in [-0.15, -0.1) is 0 Å². The van der Waals surface area contributed by atoms with E-state index in [9.17, 15) is 14.2 Å². The van der Waals surface area contributed by atoms with Crippen LogP contribution in [0.5, 0.6) is 11.5 Å². The van der Waals surface area contributed by atoms with Gasteiger partial charge in [-0.3, -0.25) is 0 Å². The highest BCUT2D eigenvalue weighted by molar-refractivity contribution is 7.78. The normalized spacial score (nSPS) is 12.5. The molecular formula is C22H23O5P. The fourth-order valence-electron chi connectivity index (χ4n) is 2.47. The van der Waals surface area contributed by atoms with Crippen molar-refractivity contribution < 1.29 is 23.6 Å². The van der Waals surface area contributed by atoms with Gasteiger partial charge in [0.2, 0.25) is 0 Å². The van der Waals surface area contributed by atoms with E-state index in [-0.39, 0.29) is 22.6 Å². The smallest absolute Gasteiger partial charge is 0.338 e. The largest absolute Gasteiger partial charge is 0.423 e. The van der Waals surface area contributed by atoms with Crippen LogP contribution >= 0.6 is 7.14 Å². The lowest BCUT2D eigenvalue weighted by Gasteiger charge is -2.21. The number of carbonyl (C=O) groups excluding carboxylic acids is 2. The number of rotatable bonds is 7. The van der Waals surface area contributed by atoms with Crippen LogP contribution in [-0.2, 0) is 14.2 Å². The number of benzene rings is 2. The topological polar surface area (TPSA) is 69.7 Å². The Balaban J connectivity index is 2.63. The second-order valence-electron chi connectivity index (χ2n) is 6.36. The van der Waals surface area contributed by atoms with Crippen molar-refractivity contribution in [2.75, 3.05) is 6.16 Å². The third-order valence-electron chi connectivity index (χ3n) is 4.05. The fraction of sp³-hybridized carbons (Fsp3) is 0.182. The average molecular weight is 398 g/mol. The summed E-state index contributed by atoms with van der Waals surface area (Å²) in [6, 6.07) is 13.4. The Labute approximate surface area is 165 Å². The molecule has 0 saturated carbocycles. The molecule has 0 amide bonds. The number of hydrogen-bond acceptors (Lipinski definition) is 5. The molecule has 0 aromatic heterocycles. The Morgan fingerprint density at radius 1 is 0.929 bits per heavy atom. The molecule has 0 fully saturated rings. The second-order valence-corrected chi connectivity index (χ2v) is 9.47. The molecule has 5 nitrogen and oxygen atoms in total. The third-order valence-corrected chi connectivity index (χ3v) is 7.20. The van der Waals surface area contributed by atoms with E-state index in [1.165, 1.54) is 32.0 Å². The maximum Gasteiger partial charge on any atom is 0.338 e. The first-order valence-electron chi connectivity index (χ1n) is 8.73. The van der Waals surface area contributed by atoms with E-state index < -0.39 is 19.1 Å². The van der Waals surface area contributed by atoms with E-state index in [1.54, 1.807) is 31.2 Å². The van der Waals surface area contributed by atoms with E-state index in [0.29, 0.717) is 16.8 Å². The SMILES string of the molecule is C=C(C)C(=O)Oc1ccc(OC(=O)C(=C)C)c(P(=O)(CC)c2ccccc2)c1. The van der Waals surface area contributed by atoms with Crippen molar-refractivity contribution in [1.82, 2.24) is 0 Å². The van der Waals surface area contributed by atoms with Gasteiger partial charge in [0.15, 0.2) is 0 Å². The molecule has 1 atom stereocenters. The van der Waals surface area contributed by atoms with Crippen LogP contribution in [0.25, 0.3) is 0 Å². The first-order valence-corrected chi connectivity index (χ1v) is 10.6. The highest BCUT2D eigenvalue weighted by Crippen LogP contribution is 2.46. The molecule has 0 saturated heterocycles. The second kappa shape index (κ2) is 8.85. The molecule has 0 aliphatic carbocycles. The van der Waals surface area contributed by atoms with E-state index in [1.807, 2.05) is 6.07 Å². The molecule has 0 N–H and O–H groups in total. The van der Waals surface area contributed by atoms with Crippen molar-refractivity contribution in [2.45, 2.75) is 20.8 Å². The zero-order valence-electron chi connectivity index (χ0n) is 16.2. The summed E-state index contributed by atoms with van der Waals surface area (Å²) >= 11 is 0. The molecule has 0 bridgehead atoms. The lowest BCUT2D eigenvalue weighted by atomic mass is 10.3. The average Bonchev–Trinajstić information content (AvgIpc) is 2.68. The van der Waals surface area contributed by atoms with Gasteiger partial charge in [-0.05, 0) is 32.0 Å². The minimum atomic E-state index is -3.14. The van der Waals surface area contributed by atoms with Gasteiger partial charge in [0, 0.05) is 22.6 Å². The molecule has 0 aliphatic heterocycles. The van der Waals surface area contributed by atoms with Gasteiger partial charge in [0.25, 0.3) is 0 Å². The summed E-state index contributed by atoms with van der Waals surface area (Å²) in [6.07, 6.45) is 0.298. The summed E-state index contributed by atoms with van der Waals surface area (Å²) in [6.45, 7) is 12.0. The Hall–Kier alpha value is -2.91. The van der Waals surface area contributed by atoms with Crippen molar-refractivity contribution in [3.63, 3.8) is 0 Å². The van der Waals surface area contributed by atoms with Gasteiger partial charge in [-0.25, -0.2) is 9.59 Å². The first-order chi connectivity index (χ1) is 13.2. The predicted octanol–water partition coefficient (Wildman–Crippen LogP) is 3.98. The molecule has 0 heterocycles. The van der Waals surface area contributed by atoms with Crippen LogP contribution in [0.4, 0.5) is 0 Å². The minimum Gasteiger partial charge on any atom is -0.423 e. The number of hydrogen-bond donors (Lipinski definition) is 0. The summed E-state index contributed by atoms with van der Waals surface area (Å²) in [5, 5.41) is 0.927. The Morgan fingerprint density at radius 2 is 1.50 bits per heavy atom. The first kappa shape index (κ1) is 21.4. The number of esters is 2. The summed E-state index contributed by atoms with van der Waals surface area (Å²) in [5.74, 6) is -0.868. The van der Waals surface area contributed by atoms with E-state index in [0.717, 1.165) is 0 Å². The zero-order chi connectivity index (χ0) is 20.9. The molecule has 0 spiro atoms. The van der Waals surface area contributed by atoms with Crippen LogP contribution in [-0.4, -0.2) is 18.1 Å². The third kappa shape index (κ3) is 4.68. The molecular weight excluding hydrogens is 375 g/mol. The van der Waals surface area contributed by atoms with Gasteiger partial charge >= 0.3 is 11.9 Å². The van der Waals surface area contributed by atoms with Crippen LogP contribution in [0.15, 0.2) is 72.8 Å². The van der Waals surface area contributed by atoms with E-state index in [2.05, 4.69) is 13.2 Å². The van der Waals surface area contributed by atoms with Crippen molar-refractivity contribution >= 4 is 29.7 Å². The fourth-order valence-corrected chi connectivity index (χ4v) is 4.92. The van der Waals surface area contributed by atoms with Crippen molar-refractivity contribution in [2.24, 2.45) is 0 Å². The van der Waals surface area contributed by atoms with Gasteiger partial charge < -0.3 is 14.0 Å². The Bertz CT molecular complexity index is 976. The molecule has 6 heteroatoms. The van der Waals surface area contributed by atoms with Crippen LogP contribution in [0.3, 0.4) is 0 Å². The maximum atomic E-state index is 14.0. The minimum absolute atomic E-state index is 0.150. The summed E-state index contributed by atoms with van der Waals surface area (Å²) in [4.78, 5) is 23.9. The monoisotopic (exact) mass is 398 g/mol. The van der Waals surface area contributed by atoms with Crippen LogP contribution < -0.4 is 20.1 Å². The predicted molar refractivity (Wildman–Crippen MR) is 111 cm³/mol. The summed E-state index contributed by atoms with van der Waals surface area (Å²) in [7, 11) is -3.14.